The van der Waals surface area contributed by atoms with E-state index in [1.807, 2.05) is 18.2 Å². The van der Waals surface area contributed by atoms with Crippen molar-refractivity contribution in [3.8, 4) is 5.69 Å². The summed E-state index contributed by atoms with van der Waals surface area (Å²) in [5.74, 6) is 0.701. The van der Waals surface area contributed by atoms with Gasteiger partial charge in [0.1, 0.15) is 0 Å². The molecule has 4 aliphatic rings. The number of benzene rings is 1. The molecule has 0 saturated carbocycles. The van der Waals surface area contributed by atoms with Crippen LogP contribution < -0.4 is 11.4 Å². The summed E-state index contributed by atoms with van der Waals surface area (Å²) < 4.78 is 4.53. The van der Waals surface area contributed by atoms with Gasteiger partial charge in [0, 0.05) is 11.8 Å². The number of hydrogen-bond acceptors (Lipinski definition) is 2. The number of aromatic nitrogens is 3. The Bertz CT molecular complexity index is 860. The van der Waals surface area contributed by atoms with Gasteiger partial charge in [-0.1, -0.05) is 42.5 Å². The maximum Gasteiger partial charge on any atom is 0.352 e. The van der Waals surface area contributed by atoms with Crippen molar-refractivity contribution in [1.82, 2.24) is 13.9 Å². The predicted octanol–water partition coefficient (Wildman–Crippen LogP) is 1.27. The lowest BCUT2D eigenvalue weighted by Gasteiger charge is -2.47. The Morgan fingerprint density at radius 2 is 1.24 bits per heavy atom. The van der Waals surface area contributed by atoms with E-state index in [0.717, 1.165) is 0 Å². The summed E-state index contributed by atoms with van der Waals surface area (Å²) in [5, 5.41) is 0. The van der Waals surface area contributed by atoms with Gasteiger partial charge in [-0.2, -0.15) is 0 Å². The van der Waals surface area contributed by atoms with E-state index in [1.54, 1.807) is 21.5 Å². The third-order valence-electron chi connectivity index (χ3n) is 4.88. The fourth-order valence-electron chi connectivity index (χ4n) is 3.84. The zero-order valence-corrected chi connectivity index (χ0v) is 11.2. The Morgan fingerprint density at radius 1 is 0.714 bits per heavy atom. The van der Waals surface area contributed by atoms with Gasteiger partial charge in [0.15, 0.2) is 0 Å². The van der Waals surface area contributed by atoms with Gasteiger partial charge in [0.05, 0.1) is 17.8 Å². The number of para-hydroxylation sites is 1. The van der Waals surface area contributed by atoms with Crippen LogP contribution in [0.1, 0.15) is 12.1 Å². The predicted molar refractivity (Wildman–Crippen MR) is 77.6 cm³/mol. The van der Waals surface area contributed by atoms with E-state index in [-0.39, 0.29) is 23.5 Å². The Kier molecular flexibility index (Phi) is 1.88. The largest absolute Gasteiger partial charge is 0.352 e. The molecule has 2 aliphatic carbocycles. The first kappa shape index (κ1) is 11.1. The Labute approximate surface area is 120 Å². The fraction of sp³-hybridized carbons (Fsp3) is 0.250. The van der Waals surface area contributed by atoms with E-state index in [4.69, 9.17) is 0 Å². The van der Waals surface area contributed by atoms with E-state index in [9.17, 15) is 9.59 Å². The van der Waals surface area contributed by atoms with Gasteiger partial charge < -0.3 is 0 Å². The first-order chi connectivity index (χ1) is 10.3. The van der Waals surface area contributed by atoms with Crippen LogP contribution in [0.15, 0.2) is 64.2 Å². The molecule has 0 saturated heterocycles. The highest BCUT2D eigenvalue weighted by Gasteiger charge is 2.47. The van der Waals surface area contributed by atoms with Crippen molar-refractivity contribution >= 4 is 0 Å². The molecule has 0 radical (unpaired) electrons. The van der Waals surface area contributed by atoms with Crippen molar-refractivity contribution in [2.75, 3.05) is 0 Å². The highest BCUT2D eigenvalue weighted by atomic mass is 16.2. The second-order valence-electron chi connectivity index (χ2n) is 5.83. The number of nitrogens with zero attached hydrogens (tertiary/aromatic N) is 3. The van der Waals surface area contributed by atoms with Gasteiger partial charge in [0.2, 0.25) is 0 Å². The summed E-state index contributed by atoms with van der Waals surface area (Å²) in [7, 11) is 0. The molecule has 0 spiro atoms. The molecule has 0 fully saturated rings. The maximum absolute atomic E-state index is 12.7. The minimum Gasteiger partial charge on any atom is -0.245 e. The SMILES string of the molecule is O=c1n(-c2ccccc2)c(=O)n2n1[C@@H]1C=C[C@@H]2[C@H]2C=C[C@@H]21. The van der Waals surface area contributed by atoms with E-state index in [2.05, 4.69) is 24.3 Å². The van der Waals surface area contributed by atoms with Crippen LogP contribution in [0.25, 0.3) is 5.69 Å². The lowest BCUT2D eigenvalue weighted by atomic mass is 9.68. The molecule has 5 heteroatoms. The molecule has 4 atom stereocenters. The summed E-state index contributed by atoms with van der Waals surface area (Å²) in [6.07, 6.45) is 8.41. The van der Waals surface area contributed by atoms with Gasteiger partial charge in [0.25, 0.3) is 0 Å². The van der Waals surface area contributed by atoms with E-state index in [1.165, 1.54) is 4.57 Å². The van der Waals surface area contributed by atoms with Crippen LogP contribution in [0.2, 0.25) is 0 Å². The third kappa shape index (κ3) is 1.18. The van der Waals surface area contributed by atoms with E-state index in [0.29, 0.717) is 17.5 Å². The molecule has 0 amide bonds. The summed E-state index contributed by atoms with van der Waals surface area (Å²) in [6.45, 7) is 0. The fourth-order valence-corrected chi connectivity index (χ4v) is 3.84. The van der Waals surface area contributed by atoms with Crippen LogP contribution in [0.4, 0.5) is 0 Å². The lowest BCUT2D eigenvalue weighted by Crippen LogP contribution is -2.50. The van der Waals surface area contributed by atoms with Crippen LogP contribution in [-0.4, -0.2) is 13.9 Å². The van der Waals surface area contributed by atoms with E-state index >= 15 is 0 Å². The average molecular weight is 279 g/mol. The standard InChI is InChI=1S/C16H13N3O2/c20-15-17(10-4-2-1-3-5-10)16(21)19-14-9-8-13(18(15)19)11-6-7-12(11)14/h1-9,11-14H/t11-,12-,13+,14+/m0/s1. The van der Waals surface area contributed by atoms with Gasteiger partial charge in [-0.05, 0) is 12.1 Å². The van der Waals surface area contributed by atoms with Crippen LogP contribution >= 0.6 is 0 Å². The van der Waals surface area contributed by atoms with Crippen molar-refractivity contribution in [3.05, 3.63) is 75.6 Å². The van der Waals surface area contributed by atoms with Crippen molar-refractivity contribution in [2.45, 2.75) is 12.1 Å². The molecule has 1 aromatic heterocycles. The summed E-state index contributed by atoms with van der Waals surface area (Å²) >= 11 is 0. The first-order valence-corrected chi connectivity index (χ1v) is 7.15. The van der Waals surface area contributed by atoms with Crippen LogP contribution in [-0.2, 0) is 0 Å². The summed E-state index contributed by atoms with van der Waals surface area (Å²) in [6, 6.07) is 9.05. The van der Waals surface area contributed by atoms with Crippen molar-refractivity contribution in [1.29, 1.82) is 0 Å². The Morgan fingerprint density at radius 3 is 1.71 bits per heavy atom. The molecule has 5 nitrogen and oxygen atoms in total. The van der Waals surface area contributed by atoms with Gasteiger partial charge >= 0.3 is 11.4 Å². The Balaban J connectivity index is 1.83. The molecule has 2 aliphatic heterocycles. The maximum atomic E-state index is 12.7. The number of rotatable bonds is 1. The molecule has 0 N–H and O–H groups in total. The second kappa shape index (κ2) is 3.55. The number of hydrogen-bond donors (Lipinski definition) is 0. The monoisotopic (exact) mass is 279 g/mol. The molecular weight excluding hydrogens is 266 g/mol. The van der Waals surface area contributed by atoms with Gasteiger partial charge in [-0.15, -0.1) is 0 Å². The highest BCUT2D eigenvalue weighted by Crippen LogP contribution is 2.49. The highest BCUT2D eigenvalue weighted by molar-refractivity contribution is 5.33. The molecule has 0 unspecified atom stereocenters. The lowest BCUT2D eigenvalue weighted by molar-refractivity contribution is 0.138. The summed E-state index contributed by atoms with van der Waals surface area (Å²) in [5.41, 5.74) is 0.134. The van der Waals surface area contributed by atoms with Crippen LogP contribution in [0.3, 0.4) is 0 Å². The van der Waals surface area contributed by atoms with Crippen molar-refractivity contribution < 1.29 is 0 Å². The normalized spacial score (nSPS) is 30.9. The molecular formula is C16H13N3O2. The quantitative estimate of drug-likeness (QED) is 0.738. The molecule has 2 aromatic rings. The topological polar surface area (TPSA) is 48.9 Å². The minimum absolute atomic E-state index is 0.0323. The zero-order valence-electron chi connectivity index (χ0n) is 11.2. The van der Waals surface area contributed by atoms with Crippen molar-refractivity contribution in [3.63, 3.8) is 0 Å². The van der Waals surface area contributed by atoms with E-state index < -0.39 is 0 Å². The smallest absolute Gasteiger partial charge is 0.245 e. The summed E-state index contributed by atoms with van der Waals surface area (Å²) in [4.78, 5) is 25.5. The minimum atomic E-state index is -0.246. The van der Waals surface area contributed by atoms with Crippen LogP contribution in [0.5, 0.6) is 0 Å². The van der Waals surface area contributed by atoms with Crippen molar-refractivity contribution in [2.24, 2.45) is 11.8 Å². The molecule has 21 heavy (non-hydrogen) atoms. The van der Waals surface area contributed by atoms with Gasteiger partial charge in [-0.3, -0.25) is 0 Å². The molecule has 3 heterocycles. The second-order valence-corrected chi connectivity index (χ2v) is 5.83. The molecule has 1 aromatic carbocycles. The molecule has 104 valence electrons. The van der Waals surface area contributed by atoms with Gasteiger partial charge in [-0.25, -0.2) is 23.5 Å². The average Bonchev–Trinajstić information content (AvgIpc) is 2.73. The number of allylic oxidation sites excluding steroid dienone is 4. The molecule has 2 bridgehead atoms. The first-order valence-electron chi connectivity index (χ1n) is 7.15. The molecule has 6 rings (SSSR count). The zero-order chi connectivity index (χ0) is 14.1. The third-order valence-corrected chi connectivity index (χ3v) is 4.88. The Hall–Kier alpha value is -2.56. The van der Waals surface area contributed by atoms with Crippen LogP contribution in [0, 0.1) is 11.8 Å².